The number of aliphatic hydroxyl groups is 1. The molecular formula is C9H19NO3. The number of aliphatic hydroxyl groups excluding tert-OH is 1. The van der Waals surface area contributed by atoms with Gasteiger partial charge in [-0.2, -0.15) is 0 Å². The normalized spacial score (nSPS) is 13.9. The Balaban J connectivity index is 4.13. The lowest BCUT2D eigenvalue weighted by Crippen LogP contribution is -2.48. The number of carbonyl (C=O) groups excluding carboxylic acids is 1. The van der Waals surface area contributed by atoms with Gasteiger partial charge in [-0.1, -0.05) is 6.92 Å². The third-order valence-electron chi connectivity index (χ3n) is 2.11. The zero-order valence-electron chi connectivity index (χ0n) is 8.76. The van der Waals surface area contributed by atoms with Crippen LogP contribution in [-0.2, 0) is 9.53 Å². The van der Waals surface area contributed by atoms with E-state index in [2.05, 4.69) is 5.32 Å². The van der Waals surface area contributed by atoms with Gasteiger partial charge in [-0.3, -0.25) is 4.79 Å². The Kier molecular flexibility index (Phi) is 4.95. The molecule has 1 amide bonds. The molecule has 0 radical (unpaired) electrons. The van der Waals surface area contributed by atoms with Gasteiger partial charge >= 0.3 is 0 Å². The average molecular weight is 189 g/mol. The van der Waals surface area contributed by atoms with E-state index in [0.29, 0.717) is 6.42 Å². The minimum absolute atomic E-state index is 0.0396. The van der Waals surface area contributed by atoms with Crippen molar-refractivity contribution in [3.63, 3.8) is 0 Å². The summed E-state index contributed by atoms with van der Waals surface area (Å²) in [4.78, 5) is 11.5. The molecule has 0 aromatic rings. The van der Waals surface area contributed by atoms with Gasteiger partial charge in [0, 0.05) is 7.11 Å². The van der Waals surface area contributed by atoms with Crippen LogP contribution in [0.2, 0.25) is 0 Å². The molecule has 0 saturated heterocycles. The van der Waals surface area contributed by atoms with Gasteiger partial charge in [-0.25, -0.2) is 0 Å². The fourth-order valence-electron chi connectivity index (χ4n) is 0.729. The minimum Gasteiger partial charge on any atom is -0.394 e. The first-order valence-electron chi connectivity index (χ1n) is 4.45. The molecule has 13 heavy (non-hydrogen) atoms. The van der Waals surface area contributed by atoms with Crippen molar-refractivity contribution in [3.8, 4) is 0 Å². The molecule has 0 heterocycles. The highest BCUT2D eigenvalue weighted by Gasteiger charge is 2.28. The van der Waals surface area contributed by atoms with Gasteiger partial charge in [0.2, 0.25) is 0 Å². The first-order chi connectivity index (χ1) is 5.97. The first kappa shape index (κ1) is 12.4. The fourth-order valence-corrected chi connectivity index (χ4v) is 0.729. The predicted octanol–water partition coefficient (Wildman–Crippen LogP) is 0.298. The van der Waals surface area contributed by atoms with E-state index in [0.717, 1.165) is 0 Å². The van der Waals surface area contributed by atoms with E-state index in [1.165, 1.54) is 7.11 Å². The van der Waals surface area contributed by atoms with E-state index in [1.807, 2.05) is 6.92 Å². The van der Waals surface area contributed by atoms with Gasteiger partial charge in [0.05, 0.1) is 12.6 Å². The van der Waals surface area contributed by atoms with E-state index in [4.69, 9.17) is 9.84 Å². The molecule has 0 aliphatic carbocycles. The molecule has 0 aliphatic rings. The molecule has 4 heteroatoms. The maximum absolute atomic E-state index is 11.5. The van der Waals surface area contributed by atoms with Crippen LogP contribution in [-0.4, -0.2) is 36.4 Å². The van der Waals surface area contributed by atoms with Crippen molar-refractivity contribution >= 4 is 5.91 Å². The molecular weight excluding hydrogens is 170 g/mol. The van der Waals surface area contributed by atoms with Crippen LogP contribution in [0.15, 0.2) is 0 Å². The SMILES string of the molecule is CCC(CO)NC(=O)C(C)(C)OC. The number of carbonyl (C=O) groups is 1. The molecule has 0 rings (SSSR count). The van der Waals surface area contributed by atoms with Crippen molar-refractivity contribution in [2.45, 2.75) is 38.8 Å². The highest BCUT2D eigenvalue weighted by atomic mass is 16.5. The lowest BCUT2D eigenvalue weighted by atomic mass is 10.1. The minimum atomic E-state index is -0.831. The van der Waals surface area contributed by atoms with Crippen LogP contribution < -0.4 is 5.32 Å². The molecule has 0 aromatic carbocycles. The zero-order valence-corrected chi connectivity index (χ0v) is 8.76. The van der Waals surface area contributed by atoms with Crippen LogP contribution in [0.5, 0.6) is 0 Å². The summed E-state index contributed by atoms with van der Waals surface area (Å²) in [5.41, 5.74) is -0.831. The van der Waals surface area contributed by atoms with Crippen LogP contribution in [0.1, 0.15) is 27.2 Å². The zero-order chi connectivity index (χ0) is 10.5. The molecule has 0 bridgehead atoms. The summed E-state index contributed by atoms with van der Waals surface area (Å²) in [6.07, 6.45) is 0.710. The number of nitrogens with one attached hydrogen (secondary N) is 1. The molecule has 0 aliphatic heterocycles. The second kappa shape index (κ2) is 5.19. The topological polar surface area (TPSA) is 58.6 Å². The Hall–Kier alpha value is -0.610. The van der Waals surface area contributed by atoms with Crippen LogP contribution in [0.4, 0.5) is 0 Å². The van der Waals surface area contributed by atoms with E-state index in [1.54, 1.807) is 13.8 Å². The van der Waals surface area contributed by atoms with Crippen molar-refractivity contribution in [2.24, 2.45) is 0 Å². The smallest absolute Gasteiger partial charge is 0.251 e. The summed E-state index contributed by atoms with van der Waals surface area (Å²) in [6, 6.07) is -0.179. The maximum Gasteiger partial charge on any atom is 0.251 e. The number of ether oxygens (including phenoxy) is 1. The summed E-state index contributed by atoms with van der Waals surface area (Å²) in [5, 5.41) is 11.6. The first-order valence-corrected chi connectivity index (χ1v) is 4.45. The van der Waals surface area contributed by atoms with Crippen LogP contribution in [0, 0.1) is 0 Å². The van der Waals surface area contributed by atoms with E-state index >= 15 is 0 Å². The standard InChI is InChI=1S/C9H19NO3/c1-5-7(6-11)10-8(12)9(2,3)13-4/h7,11H,5-6H2,1-4H3,(H,10,12). The monoisotopic (exact) mass is 189 g/mol. The summed E-state index contributed by atoms with van der Waals surface area (Å²) < 4.78 is 5.00. The highest BCUT2D eigenvalue weighted by Crippen LogP contribution is 2.07. The Morgan fingerprint density at radius 3 is 2.46 bits per heavy atom. The van der Waals surface area contributed by atoms with Crippen LogP contribution in [0.25, 0.3) is 0 Å². The number of hydrogen-bond acceptors (Lipinski definition) is 3. The lowest BCUT2D eigenvalue weighted by molar-refractivity contribution is -0.140. The number of methoxy groups -OCH3 is 1. The van der Waals surface area contributed by atoms with Gasteiger partial charge in [0.1, 0.15) is 5.60 Å². The number of hydrogen-bond donors (Lipinski definition) is 2. The van der Waals surface area contributed by atoms with E-state index in [9.17, 15) is 4.79 Å². The second-order valence-corrected chi connectivity index (χ2v) is 3.48. The Morgan fingerprint density at radius 2 is 2.15 bits per heavy atom. The highest BCUT2D eigenvalue weighted by molar-refractivity contribution is 5.84. The van der Waals surface area contributed by atoms with Gasteiger partial charge in [-0.15, -0.1) is 0 Å². The molecule has 1 unspecified atom stereocenters. The Morgan fingerprint density at radius 1 is 1.62 bits per heavy atom. The molecule has 0 saturated carbocycles. The number of rotatable bonds is 5. The van der Waals surface area contributed by atoms with Crippen molar-refractivity contribution in [1.29, 1.82) is 0 Å². The van der Waals surface area contributed by atoms with Crippen LogP contribution in [0.3, 0.4) is 0 Å². The van der Waals surface area contributed by atoms with Crippen molar-refractivity contribution in [3.05, 3.63) is 0 Å². The Bertz CT molecular complexity index is 164. The van der Waals surface area contributed by atoms with Crippen molar-refractivity contribution in [2.75, 3.05) is 13.7 Å². The van der Waals surface area contributed by atoms with Crippen molar-refractivity contribution < 1.29 is 14.6 Å². The predicted molar refractivity (Wildman–Crippen MR) is 50.4 cm³/mol. The van der Waals surface area contributed by atoms with Crippen LogP contribution >= 0.6 is 0 Å². The second-order valence-electron chi connectivity index (χ2n) is 3.48. The maximum atomic E-state index is 11.5. The van der Waals surface area contributed by atoms with Gasteiger partial charge in [0.25, 0.3) is 5.91 Å². The molecule has 0 aromatic heterocycles. The summed E-state index contributed by atoms with van der Waals surface area (Å²) in [5.74, 6) is -0.198. The molecule has 0 fully saturated rings. The average Bonchev–Trinajstić information content (AvgIpc) is 2.13. The van der Waals surface area contributed by atoms with Crippen molar-refractivity contribution in [1.82, 2.24) is 5.32 Å². The number of amides is 1. The molecule has 4 nitrogen and oxygen atoms in total. The molecule has 2 N–H and O–H groups in total. The van der Waals surface area contributed by atoms with E-state index < -0.39 is 5.60 Å². The van der Waals surface area contributed by atoms with E-state index in [-0.39, 0.29) is 18.6 Å². The quantitative estimate of drug-likeness (QED) is 0.654. The molecule has 78 valence electrons. The van der Waals surface area contributed by atoms with Gasteiger partial charge in [-0.05, 0) is 20.3 Å². The summed E-state index contributed by atoms with van der Waals surface area (Å²) in [7, 11) is 1.49. The van der Waals surface area contributed by atoms with Gasteiger partial charge < -0.3 is 15.2 Å². The largest absolute Gasteiger partial charge is 0.394 e. The third-order valence-corrected chi connectivity index (χ3v) is 2.11. The molecule has 1 atom stereocenters. The summed E-state index contributed by atoms with van der Waals surface area (Å²) in [6.45, 7) is 5.24. The van der Waals surface area contributed by atoms with Gasteiger partial charge in [0.15, 0.2) is 0 Å². The molecule has 0 spiro atoms. The summed E-state index contributed by atoms with van der Waals surface area (Å²) >= 11 is 0. The fraction of sp³-hybridized carbons (Fsp3) is 0.889. The Labute approximate surface area is 79.3 Å². The third kappa shape index (κ3) is 3.74. The lowest BCUT2D eigenvalue weighted by Gasteiger charge is -2.24.